The summed E-state index contributed by atoms with van der Waals surface area (Å²) in [5.41, 5.74) is 1.79. The van der Waals surface area contributed by atoms with Gasteiger partial charge in [-0.05, 0) is 67.3 Å². The molecule has 3 aromatic rings. The van der Waals surface area contributed by atoms with Crippen molar-refractivity contribution in [2.45, 2.75) is 24.7 Å². The highest BCUT2D eigenvalue weighted by Gasteiger charge is 2.39. The van der Waals surface area contributed by atoms with Crippen molar-refractivity contribution in [3.8, 4) is 5.75 Å². The van der Waals surface area contributed by atoms with E-state index in [0.29, 0.717) is 24.0 Å². The number of imide groups is 1. The van der Waals surface area contributed by atoms with Crippen LogP contribution in [-0.2, 0) is 34.0 Å². The van der Waals surface area contributed by atoms with Gasteiger partial charge in [-0.15, -0.1) is 0 Å². The van der Waals surface area contributed by atoms with Gasteiger partial charge in [-0.1, -0.05) is 42.0 Å². The summed E-state index contributed by atoms with van der Waals surface area (Å²) in [7, 11) is -3.72. The minimum absolute atomic E-state index is 0.0166. The maximum absolute atomic E-state index is 13.7. The minimum atomic E-state index is -3.72. The normalized spacial score (nSPS) is 13.1. The summed E-state index contributed by atoms with van der Waals surface area (Å²) in [4.78, 5) is 62.5. The van der Waals surface area contributed by atoms with E-state index in [-0.39, 0.29) is 34.9 Å². The zero-order valence-electron chi connectivity index (χ0n) is 25.8. The number of carboxylic acid groups (broad SMARTS) is 1. The van der Waals surface area contributed by atoms with E-state index in [0.717, 1.165) is 10.5 Å². The molecule has 0 radical (unpaired) electrons. The second-order valence-corrected chi connectivity index (χ2v) is 12.5. The fourth-order valence-electron chi connectivity index (χ4n) is 4.67. The van der Waals surface area contributed by atoms with Gasteiger partial charge in [-0.3, -0.25) is 28.9 Å². The number of aryl methyl sites for hydroxylation is 1. The Bertz CT molecular complexity index is 1830. The van der Waals surface area contributed by atoms with E-state index in [1.165, 1.54) is 60.7 Å². The summed E-state index contributed by atoms with van der Waals surface area (Å²) in [5, 5.41) is 13.0. The molecule has 0 saturated heterocycles. The number of unbranched alkanes of at least 4 members (excludes halogenated alkanes) is 1. The monoisotopic (exact) mass is 680 g/mol. The fourth-order valence-corrected chi connectivity index (χ4v) is 5.74. The molecule has 0 spiro atoms. The molecule has 4 rings (SSSR count). The van der Waals surface area contributed by atoms with Crippen LogP contribution in [0.25, 0.3) is 11.1 Å². The van der Waals surface area contributed by atoms with Crippen molar-refractivity contribution in [1.29, 1.82) is 0 Å². The number of benzene rings is 3. The molecule has 0 fully saturated rings. The van der Waals surface area contributed by atoms with Crippen LogP contribution in [0.15, 0.2) is 77.7 Å². The van der Waals surface area contributed by atoms with Crippen molar-refractivity contribution in [3.05, 3.63) is 95.3 Å². The molecule has 0 saturated carbocycles. The molecule has 0 bridgehead atoms. The van der Waals surface area contributed by atoms with Crippen molar-refractivity contribution in [2.75, 3.05) is 32.8 Å². The van der Waals surface area contributed by atoms with Crippen molar-refractivity contribution in [3.63, 3.8) is 0 Å². The van der Waals surface area contributed by atoms with Gasteiger partial charge in [0.15, 0.2) is 6.61 Å². The smallest absolute Gasteiger partial charge is 0.322 e. The number of amides is 4. The van der Waals surface area contributed by atoms with Gasteiger partial charge in [0.05, 0.1) is 22.6 Å². The average molecular weight is 681 g/mol. The van der Waals surface area contributed by atoms with Gasteiger partial charge >= 0.3 is 5.97 Å². The number of rotatable bonds is 16. The first-order valence-corrected chi connectivity index (χ1v) is 16.2. The first kappa shape index (κ1) is 35.4. The van der Waals surface area contributed by atoms with Crippen LogP contribution in [0.1, 0.15) is 29.5 Å². The van der Waals surface area contributed by atoms with Gasteiger partial charge in [0.2, 0.25) is 15.9 Å². The van der Waals surface area contributed by atoms with E-state index in [1.54, 1.807) is 12.1 Å². The Morgan fingerprint density at radius 2 is 1.35 bits per heavy atom. The lowest BCUT2D eigenvalue weighted by Gasteiger charge is -2.15. The summed E-state index contributed by atoms with van der Waals surface area (Å²) < 4.78 is 46.8. The number of carboxylic acids is 1. The Morgan fingerprint density at radius 1 is 0.792 bits per heavy atom. The Labute approximate surface area is 275 Å². The number of halogens is 1. The maximum Gasteiger partial charge on any atom is 0.322 e. The highest BCUT2D eigenvalue weighted by molar-refractivity contribution is 7.89. The van der Waals surface area contributed by atoms with E-state index < -0.39 is 65.1 Å². The number of nitrogens with zero attached hydrogens (tertiary/aromatic N) is 1. The minimum Gasteiger partial charge on any atom is -0.484 e. The molecule has 15 heteroatoms. The largest absolute Gasteiger partial charge is 0.484 e. The Morgan fingerprint density at radius 3 is 1.94 bits per heavy atom. The standard InChI is InChI=1S/C33H33FN4O9S/c1-21-4-14-26(15-5-21)48(45,46)37-16-2-3-17-38-32(43)30(22-6-10-24(34)11-7-22)31(33(38)44)23-8-12-25(13-9-23)47-20-28(40)35-18-27(39)36-19-29(41)42/h4-15,37H,2-3,16-20H2,1H3,(H,35,40)(H,36,39)(H,41,42). The Kier molecular flexibility index (Phi) is 11.8. The number of hydrogen-bond acceptors (Lipinski definition) is 8. The molecule has 1 aliphatic rings. The zero-order chi connectivity index (χ0) is 34.8. The molecule has 3 aromatic carbocycles. The van der Waals surface area contributed by atoms with Crippen LogP contribution in [0, 0.1) is 12.7 Å². The van der Waals surface area contributed by atoms with Crippen molar-refractivity contribution >= 4 is 50.8 Å². The second-order valence-electron chi connectivity index (χ2n) is 10.7. The molecule has 252 valence electrons. The van der Waals surface area contributed by atoms with Crippen LogP contribution < -0.4 is 20.1 Å². The molecule has 4 amide bonds. The molecule has 4 N–H and O–H groups in total. The van der Waals surface area contributed by atoms with Crippen LogP contribution >= 0.6 is 0 Å². The third-order valence-corrected chi connectivity index (χ3v) is 8.61. The SMILES string of the molecule is Cc1ccc(S(=O)(=O)NCCCCN2C(=O)C(c3ccc(F)cc3)=C(c3ccc(OCC(=O)NCC(=O)NCC(=O)O)cc3)C2=O)cc1. The number of sulfonamides is 1. The number of nitrogens with one attached hydrogen (secondary N) is 3. The number of carbonyl (C=O) groups is 5. The number of carbonyl (C=O) groups excluding carboxylic acids is 4. The summed E-state index contributed by atoms with van der Waals surface area (Å²) in [6.07, 6.45) is 0.657. The number of aliphatic carboxylic acids is 1. The van der Waals surface area contributed by atoms with Gasteiger partial charge in [0.1, 0.15) is 18.1 Å². The van der Waals surface area contributed by atoms with Crippen molar-refractivity contribution in [1.82, 2.24) is 20.3 Å². The van der Waals surface area contributed by atoms with Crippen molar-refractivity contribution < 1.29 is 46.6 Å². The predicted molar refractivity (Wildman–Crippen MR) is 171 cm³/mol. The summed E-state index contributed by atoms with van der Waals surface area (Å²) >= 11 is 0. The highest BCUT2D eigenvalue weighted by atomic mass is 32.2. The first-order valence-electron chi connectivity index (χ1n) is 14.8. The summed E-state index contributed by atoms with van der Waals surface area (Å²) in [6, 6.07) is 17.6. The number of ether oxygens (including phenoxy) is 1. The molecule has 0 aromatic heterocycles. The van der Waals surface area contributed by atoms with Crippen LogP contribution in [-0.4, -0.2) is 80.8 Å². The van der Waals surface area contributed by atoms with Gasteiger partial charge in [-0.2, -0.15) is 0 Å². The van der Waals surface area contributed by atoms with Crippen LogP contribution in [0.4, 0.5) is 4.39 Å². The lowest BCUT2D eigenvalue weighted by molar-refractivity contribution is -0.138. The zero-order valence-corrected chi connectivity index (χ0v) is 26.6. The fraction of sp³-hybridized carbons (Fsp3) is 0.242. The molecule has 1 aliphatic heterocycles. The van der Waals surface area contributed by atoms with Crippen LogP contribution in [0.2, 0.25) is 0 Å². The molecule has 0 aliphatic carbocycles. The maximum atomic E-state index is 13.7. The van der Waals surface area contributed by atoms with E-state index >= 15 is 0 Å². The first-order chi connectivity index (χ1) is 22.9. The lowest BCUT2D eigenvalue weighted by atomic mass is 9.96. The molecule has 0 atom stereocenters. The Balaban J connectivity index is 1.39. The lowest BCUT2D eigenvalue weighted by Crippen LogP contribution is -2.40. The predicted octanol–water partition coefficient (Wildman–Crippen LogP) is 1.87. The van der Waals surface area contributed by atoms with Gasteiger partial charge < -0.3 is 20.5 Å². The summed E-state index contributed by atoms with van der Waals surface area (Å²) in [6.45, 7) is 0.479. The molecule has 1 heterocycles. The average Bonchev–Trinajstić information content (AvgIpc) is 3.31. The van der Waals surface area contributed by atoms with Crippen molar-refractivity contribution in [2.24, 2.45) is 0 Å². The number of hydrogen-bond donors (Lipinski definition) is 4. The highest BCUT2D eigenvalue weighted by Crippen LogP contribution is 2.36. The Hall–Kier alpha value is -5.41. The second kappa shape index (κ2) is 15.9. The third kappa shape index (κ3) is 9.33. The van der Waals surface area contributed by atoms with E-state index in [4.69, 9.17) is 9.84 Å². The molecular formula is C33H33FN4O9S. The topological polar surface area (TPSA) is 188 Å². The molecule has 0 unspecified atom stereocenters. The van der Waals surface area contributed by atoms with Crippen LogP contribution in [0.3, 0.4) is 0 Å². The third-order valence-electron chi connectivity index (χ3n) is 7.13. The molecule has 48 heavy (non-hydrogen) atoms. The van der Waals surface area contributed by atoms with Gasteiger partial charge in [0, 0.05) is 13.1 Å². The van der Waals surface area contributed by atoms with E-state index in [9.17, 15) is 36.8 Å². The van der Waals surface area contributed by atoms with Crippen LogP contribution in [0.5, 0.6) is 5.75 Å². The van der Waals surface area contributed by atoms with E-state index in [2.05, 4.69) is 15.4 Å². The quantitative estimate of drug-likeness (QED) is 0.129. The van der Waals surface area contributed by atoms with E-state index in [1.807, 2.05) is 6.92 Å². The molecular weight excluding hydrogens is 647 g/mol. The van der Waals surface area contributed by atoms with Gasteiger partial charge in [0.25, 0.3) is 17.7 Å². The molecule has 13 nitrogen and oxygen atoms in total. The van der Waals surface area contributed by atoms with Gasteiger partial charge in [-0.25, -0.2) is 17.5 Å². The summed E-state index contributed by atoms with van der Waals surface area (Å²) in [5.74, 6) is -3.98.